The molecule has 140 valence electrons. The molecule has 6 heteroatoms. The van der Waals surface area contributed by atoms with Crippen LogP contribution < -0.4 is 14.8 Å². The first-order chi connectivity index (χ1) is 12.8. The van der Waals surface area contributed by atoms with Gasteiger partial charge in [-0.1, -0.05) is 18.0 Å². The second kappa shape index (κ2) is 8.33. The predicted molar refractivity (Wildman–Crippen MR) is 101 cm³/mol. The van der Waals surface area contributed by atoms with Crippen molar-refractivity contribution in [2.75, 3.05) is 32.8 Å². The largest absolute Gasteiger partial charge is 0.486 e. The van der Waals surface area contributed by atoms with Crippen LogP contribution in [0.3, 0.4) is 0 Å². The Morgan fingerprint density at radius 1 is 1.12 bits per heavy atom. The third-order valence-corrected chi connectivity index (χ3v) is 5.31. The molecule has 1 saturated heterocycles. The standard InChI is InChI=1S/C20H25ClN2O3/c21-16-11-15(12-19-20(16)26-10-9-25-19)13-22-14-17(18-5-4-8-24-18)23-6-2-1-3-7-23/h4-5,8,11-12,17,22H,1-3,6-7,9-10,13-14H2. The lowest BCUT2D eigenvalue weighted by Gasteiger charge is -2.33. The van der Waals surface area contributed by atoms with Crippen molar-refractivity contribution >= 4 is 11.6 Å². The molecule has 1 fully saturated rings. The minimum absolute atomic E-state index is 0.262. The Hall–Kier alpha value is -1.69. The SMILES string of the molecule is Clc1cc(CNCC(c2ccco2)N2CCCCC2)cc2c1OCCO2. The number of nitrogens with one attached hydrogen (secondary N) is 1. The first-order valence-corrected chi connectivity index (χ1v) is 9.75. The summed E-state index contributed by atoms with van der Waals surface area (Å²) >= 11 is 6.34. The molecule has 2 aliphatic heterocycles. The van der Waals surface area contributed by atoms with Crippen molar-refractivity contribution in [1.82, 2.24) is 10.2 Å². The monoisotopic (exact) mass is 376 g/mol. The van der Waals surface area contributed by atoms with E-state index in [0.717, 1.165) is 43.3 Å². The van der Waals surface area contributed by atoms with Crippen LogP contribution in [0.4, 0.5) is 0 Å². The normalized spacial score (nSPS) is 18.7. The van der Waals surface area contributed by atoms with Gasteiger partial charge in [-0.3, -0.25) is 4.90 Å². The molecule has 0 amide bonds. The Morgan fingerprint density at radius 3 is 2.77 bits per heavy atom. The van der Waals surface area contributed by atoms with E-state index < -0.39 is 0 Å². The second-order valence-electron chi connectivity index (χ2n) is 6.86. The molecule has 0 radical (unpaired) electrons. The van der Waals surface area contributed by atoms with Crippen LogP contribution in [-0.4, -0.2) is 37.7 Å². The quantitative estimate of drug-likeness (QED) is 0.825. The van der Waals surface area contributed by atoms with Gasteiger partial charge in [0, 0.05) is 13.1 Å². The van der Waals surface area contributed by atoms with E-state index in [0.29, 0.717) is 24.0 Å². The van der Waals surface area contributed by atoms with Gasteiger partial charge in [0.1, 0.15) is 19.0 Å². The Bertz CT molecular complexity index is 714. The third-order valence-electron chi connectivity index (χ3n) is 5.03. The van der Waals surface area contributed by atoms with Gasteiger partial charge in [0.05, 0.1) is 17.3 Å². The molecule has 0 aliphatic carbocycles. The fraction of sp³-hybridized carbons (Fsp3) is 0.500. The van der Waals surface area contributed by atoms with Crippen molar-refractivity contribution in [2.45, 2.75) is 31.8 Å². The van der Waals surface area contributed by atoms with Crippen LogP contribution >= 0.6 is 11.6 Å². The van der Waals surface area contributed by atoms with E-state index in [4.69, 9.17) is 25.5 Å². The molecule has 5 nitrogen and oxygen atoms in total. The number of benzene rings is 1. The van der Waals surface area contributed by atoms with Crippen LogP contribution in [0.1, 0.15) is 36.6 Å². The number of ether oxygens (including phenoxy) is 2. The average Bonchev–Trinajstić information content (AvgIpc) is 3.20. The lowest BCUT2D eigenvalue weighted by Crippen LogP contribution is -2.38. The number of hydrogen-bond acceptors (Lipinski definition) is 5. The van der Waals surface area contributed by atoms with Gasteiger partial charge in [-0.25, -0.2) is 0 Å². The van der Waals surface area contributed by atoms with Crippen LogP contribution in [-0.2, 0) is 6.54 Å². The van der Waals surface area contributed by atoms with Crippen LogP contribution in [0.15, 0.2) is 34.9 Å². The summed E-state index contributed by atoms with van der Waals surface area (Å²) in [6.07, 6.45) is 5.60. The highest BCUT2D eigenvalue weighted by Gasteiger charge is 2.24. The first-order valence-electron chi connectivity index (χ1n) is 9.37. The fourth-order valence-electron chi connectivity index (χ4n) is 3.74. The number of rotatable bonds is 6. The molecule has 0 spiro atoms. The van der Waals surface area contributed by atoms with Gasteiger partial charge in [-0.05, 0) is 55.8 Å². The molecule has 2 aliphatic rings. The lowest BCUT2D eigenvalue weighted by molar-refractivity contribution is 0.142. The third kappa shape index (κ3) is 4.00. The number of hydrogen-bond donors (Lipinski definition) is 1. The molecule has 1 unspecified atom stereocenters. The molecule has 1 N–H and O–H groups in total. The van der Waals surface area contributed by atoms with Crippen molar-refractivity contribution in [3.05, 3.63) is 46.9 Å². The topological polar surface area (TPSA) is 46.9 Å². The highest BCUT2D eigenvalue weighted by molar-refractivity contribution is 6.32. The summed E-state index contributed by atoms with van der Waals surface area (Å²) in [5.74, 6) is 2.42. The smallest absolute Gasteiger partial charge is 0.179 e. The lowest BCUT2D eigenvalue weighted by atomic mass is 10.1. The van der Waals surface area contributed by atoms with Gasteiger partial charge in [-0.2, -0.15) is 0 Å². The Labute approximate surface area is 159 Å². The minimum Gasteiger partial charge on any atom is -0.486 e. The molecule has 1 aromatic carbocycles. The number of furan rings is 1. The second-order valence-corrected chi connectivity index (χ2v) is 7.27. The number of halogens is 1. The number of nitrogens with zero attached hydrogens (tertiary/aromatic N) is 1. The van der Waals surface area contributed by atoms with E-state index in [2.05, 4.69) is 16.3 Å². The van der Waals surface area contributed by atoms with Gasteiger partial charge in [-0.15, -0.1) is 0 Å². The zero-order chi connectivity index (χ0) is 17.8. The van der Waals surface area contributed by atoms with Crippen LogP contribution in [0.25, 0.3) is 0 Å². The van der Waals surface area contributed by atoms with E-state index in [1.54, 1.807) is 6.26 Å². The number of piperidine rings is 1. The van der Waals surface area contributed by atoms with Crippen LogP contribution in [0.2, 0.25) is 5.02 Å². The summed E-state index contributed by atoms with van der Waals surface area (Å²) in [5.41, 5.74) is 1.09. The highest BCUT2D eigenvalue weighted by Crippen LogP contribution is 2.38. The molecule has 3 heterocycles. The molecule has 4 rings (SSSR count). The van der Waals surface area contributed by atoms with E-state index in [9.17, 15) is 0 Å². The van der Waals surface area contributed by atoms with Crippen LogP contribution in [0.5, 0.6) is 11.5 Å². The highest BCUT2D eigenvalue weighted by atomic mass is 35.5. The number of likely N-dealkylation sites (tertiary alicyclic amines) is 1. The molecule has 26 heavy (non-hydrogen) atoms. The van der Waals surface area contributed by atoms with Crippen molar-refractivity contribution in [2.24, 2.45) is 0 Å². The summed E-state index contributed by atoms with van der Waals surface area (Å²) < 4.78 is 17.0. The Balaban J connectivity index is 1.41. The molecule has 0 saturated carbocycles. The maximum Gasteiger partial charge on any atom is 0.179 e. The van der Waals surface area contributed by atoms with Gasteiger partial charge in [0.2, 0.25) is 0 Å². The van der Waals surface area contributed by atoms with E-state index in [1.807, 2.05) is 18.2 Å². The number of fused-ring (bicyclic) bond motifs is 1. The molecule has 2 aromatic rings. The fourth-order valence-corrected chi connectivity index (χ4v) is 4.03. The van der Waals surface area contributed by atoms with Gasteiger partial charge in [0.15, 0.2) is 11.5 Å². The maximum atomic E-state index is 6.34. The predicted octanol–water partition coefficient (Wildman–Crippen LogP) is 4.02. The summed E-state index contributed by atoms with van der Waals surface area (Å²) in [4.78, 5) is 2.52. The van der Waals surface area contributed by atoms with E-state index in [-0.39, 0.29) is 6.04 Å². The zero-order valence-electron chi connectivity index (χ0n) is 14.9. The molecule has 1 aromatic heterocycles. The Morgan fingerprint density at radius 2 is 1.96 bits per heavy atom. The zero-order valence-corrected chi connectivity index (χ0v) is 15.6. The van der Waals surface area contributed by atoms with Crippen molar-refractivity contribution in [3.8, 4) is 11.5 Å². The van der Waals surface area contributed by atoms with Gasteiger partial charge in [0.25, 0.3) is 0 Å². The van der Waals surface area contributed by atoms with Crippen molar-refractivity contribution in [3.63, 3.8) is 0 Å². The Kier molecular flexibility index (Phi) is 5.68. The van der Waals surface area contributed by atoms with E-state index >= 15 is 0 Å². The molecular weight excluding hydrogens is 352 g/mol. The van der Waals surface area contributed by atoms with E-state index in [1.165, 1.54) is 19.3 Å². The van der Waals surface area contributed by atoms with Crippen molar-refractivity contribution in [1.29, 1.82) is 0 Å². The molecule has 1 atom stereocenters. The molecular formula is C20H25ClN2O3. The summed E-state index contributed by atoms with van der Waals surface area (Å²) in [5, 5.41) is 4.17. The molecule has 0 bridgehead atoms. The first kappa shape index (κ1) is 17.7. The maximum absolute atomic E-state index is 6.34. The summed E-state index contributed by atoms with van der Waals surface area (Å²) in [6.45, 7) is 4.92. The van der Waals surface area contributed by atoms with Crippen molar-refractivity contribution < 1.29 is 13.9 Å². The van der Waals surface area contributed by atoms with Gasteiger partial charge >= 0.3 is 0 Å². The van der Waals surface area contributed by atoms with Crippen LogP contribution in [0, 0.1) is 0 Å². The average molecular weight is 377 g/mol. The minimum atomic E-state index is 0.262. The summed E-state index contributed by atoms with van der Waals surface area (Å²) in [7, 11) is 0. The van der Waals surface area contributed by atoms with Gasteiger partial charge < -0.3 is 19.2 Å². The summed E-state index contributed by atoms with van der Waals surface area (Å²) in [6, 6.07) is 8.26.